The zero-order chi connectivity index (χ0) is 13.7. The van der Waals surface area contributed by atoms with Gasteiger partial charge >= 0.3 is 0 Å². The monoisotopic (exact) mass is 263 g/mol. The fourth-order valence-electron chi connectivity index (χ4n) is 1.94. The van der Waals surface area contributed by atoms with Crippen LogP contribution in [0.15, 0.2) is 12.4 Å². The molecule has 2 aromatic rings. The van der Waals surface area contributed by atoms with E-state index in [1.54, 1.807) is 7.11 Å². The lowest BCUT2D eigenvalue weighted by atomic mass is 10.2. The molecule has 0 spiro atoms. The van der Waals surface area contributed by atoms with Crippen molar-refractivity contribution in [2.75, 3.05) is 25.6 Å². The van der Waals surface area contributed by atoms with Crippen molar-refractivity contribution in [3.8, 4) is 0 Å². The Morgan fingerprint density at radius 1 is 1.42 bits per heavy atom. The Bertz CT molecular complexity index is 517. The van der Waals surface area contributed by atoms with Crippen LogP contribution >= 0.6 is 0 Å². The summed E-state index contributed by atoms with van der Waals surface area (Å²) in [5.74, 6) is 0.897. The third kappa shape index (κ3) is 3.57. The van der Waals surface area contributed by atoms with Crippen LogP contribution < -0.4 is 5.32 Å². The quantitative estimate of drug-likeness (QED) is 0.746. The third-order valence-corrected chi connectivity index (χ3v) is 2.98. The molecular formula is C13H21N5O. The number of imidazole rings is 1. The predicted octanol–water partition coefficient (Wildman–Crippen LogP) is 1.72. The summed E-state index contributed by atoms with van der Waals surface area (Å²) in [5, 5.41) is 10.3. The van der Waals surface area contributed by atoms with Gasteiger partial charge in [-0.2, -0.15) is 5.10 Å². The Balaban J connectivity index is 2.01. The molecule has 0 bridgehead atoms. The summed E-state index contributed by atoms with van der Waals surface area (Å²) in [7, 11) is 1.72. The second-order valence-electron chi connectivity index (χ2n) is 4.63. The third-order valence-electron chi connectivity index (χ3n) is 2.98. The van der Waals surface area contributed by atoms with Gasteiger partial charge < -0.3 is 14.6 Å². The molecule has 0 aromatic carbocycles. The summed E-state index contributed by atoms with van der Waals surface area (Å²) < 4.78 is 7.15. The van der Waals surface area contributed by atoms with Crippen molar-refractivity contribution < 1.29 is 4.74 Å². The average Bonchev–Trinajstić information content (AvgIpc) is 2.93. The van der Waals surface area contributed by atoms with Gasteiger partial charge in [-0.1, -0.05) is 0 Å². The number of hydrogen-bond acceptors (Lipinski definition) is 4. The minimum Gasteiger partial charge on any atom is -0.385 e. The Morgan fingerprint density at radius 3 is 2.95 bits per heavy atom. The topological polar surface area (TPSA) is 67.8 Å². The maximum Gasteiger partial charge on any atom is 0.203 e. The van der Waals surface area contributed by atoms with Gasteiger partial charge in [0.1, 0.15) is 0 Å². The van der Waals surface area contributed by atoms with E-state index in [0.29, 0.717) is 0 Å². The van der Waals surface area contributed by atoms with Crippen molar-refractivity contribution in [2.24, 2.45) is 0 Å². The summed E-state index contributed by atoms with van der Waals surface area (Å²) in [6.07, 6.45) is 4.87. The Morgan fingerprint density at radius 2 is 2.26 bits per heavy atom. The van der Waals surface area contributed by atoms with Gasteiger partial charge in [0, 0.05) is 37.7 Å². The fraction of sp³-hybridized carbons (Fsp3) is 0.538. The second kappa shape index (κ2) is 6.38. The molecule has 0 aliphatic heterocycles. The normalized spacial score (nSPS) is 10.9. The predicted molar refractivity (Wildman–Crippen MR) is 74.4 cm³/mol. The zero-order valence-corrected chi connectivity index (χ0v) is 11.7. The number of rotatable bonds is 7. The molecule has 19 heavy (non-hydrogen) atoms. The van der Waals surface area contributed by atoms with E-state index in [1.165, 1.54) is 5.56 Å². The first-order chi connectivity index (χ1) is 9.20. The number of H-pyrrole nitrogens is 1. The largest absolute Gasteiger partial charge is 0.385 e. The van der Waals surface area contributed by atoms with E-state index in [1.807, 2.05) is 26.2 Å². The van der Waals surface area contributed by atoms with Gasteiger partial charge in [0.2, 0.25) is 5.95 Å². The minimum atomic E-state index is 0.757. The van der Waals surface area contributed by atoms with E-state index in [9.17, 15) is 0 Å². The van der Waals surface area contributed by atoms with Crippen LogP contribution in [-0.4, -0.2) is 40.0 Å². The highest BCUT2D eigenvalue weighted by Crippen LogP contribution is 2.13. The van der Waals surface area contributed by atoms with Crippen LogP contribution in [0.4, 0.5) is 5.95 Å². The maximum absolute atomic E-state index is 5.04. The molecule has 2 heterocycles. The molecular weight excluding hydrogens is 242 g/mol. The van der Waals surface area contributed by atoms with E-state index >= 15 is 0 Å². The zero-order valence-electron chi connectivity index (χ0n) is 11.7. The van der Waals surface area contributed by atoms with E-state index < -0.39 is 0 Å². The molecule has 0 saturated heterocycles. The molecule has 0 aliphatic rings. The Hall–Kier alpha value is -1.82. The molecule has 0 fully saturated rings. The van der Waals surface area contributed by atoms with Gasteiger partial charge in [-0.25, -0.2) is 4.98 Å². The highest BCUT2D eigenvalue weighted by atomic mass is 16.5. The van der Waals surface area contributed by atoms with Crippen molar-refractivity contribution in [3.63, 3.8) is 0 Å². The molecule has 0 unspecified atom stereocenters. The first kappa shape index (κ1) is 13.6. The van der Waals surface area contributed by atoms with E-state index in [-0.39, 0.29) is 0 Å². The molecule has 2 aromatic heterocycles. The number of nitrogens with one attached hydrogen (secondary N) is 2. The number of anilines is 1. The first-order valence-electron chi connectivity index (χ1n) is 6.46. The number of nitrogens with zero attached hydrogens (tertiary/aromatic N) is 3. The van der Waals surface area contributed by atoms with Crippen molar-refractivity contribution in [2.45, 2.75) is 26.8 Å². The summed E-state index contributed by atoms with van der Waals surface area (Å²) in [6.45, 7) is 6.41. The molecule has 2 N–H and O–H groups in total. The molecule has 6 nitrogen and oxygen atoms in total. The standard InChI is InChI=1S/C13H21N5O/c1-10-8-18(9-12-7-15-17-11(12)2)13(16-10)14-5-4-6-19-3/h7-8H,4-6,9H2,1-3H3,(H,14,16)(H,15,17). The van der Waals surface area contributed by atoms with Crippen LogP contribution in [0, 0.1) is 13.8 Å². The van der Waals surface area contributed by atoms with Crippen LogP contribution in [0.2, 0.25) is 0 Å². The number of ether oxygens (including phenoxy) is 1. The minimum absolute atomic E-state index is 0.757. The Labute approximate surface area is 113 Å². The summed E-state index contributed by atoms with van der Waals surface area (Å²) in [5.41, 5.74) is 3.28. The number of aromatic nitrogens is 4. The molecule has 0 atom stereocenters. The summed E-state index contributed by atoms with van der Waals surface area (Å²) in [6, 6.07) is 0. The Kier molecular flexibility index (Phi) is 4.57. The lowest BCUT2D eigenvalue weighted by molar-refractivity contribution is 0.197. The maximum atomic E-state index is 5.04. The highest BCUT2D eigenvalue weighted by molar-refractivity contribution is 5.30. The van der Waals surface area contributed by atoms with Crippen molar-refractivity contribution in [3.05, 3.63) is 29.3 Å². The van der Waals surface area contributed by atoms with E-state index in [4.69, 9.17) is 4.74 Å². The van der Waals surface area contributed by atoms with Gasteiger partial charge in [-0.05, 0) is 20.3 Å². The molecule has 104 valence electrons. The van der Waals surface area contributed by atoms with Crippen LogP contribution in [0.25, 0.3) is 0 Å². The lowest BCUT2D eigenvalue weighted by Gasteiger charge is -2.09. The van der Waals surface area contributed by atoms with Gasteiger partial charge in [0.15, 0.2) is 0 Å². The highest BCUT2D eigenvalue weighted by Gasteiger charge is 2.08. The smallest absolute Gasteiger partial charge is 0.203 e. The van der Waals surface area contributed by atoms with Crippen LogP contribution in [0.5, 0.6) is 0 Å². The number of hydrogen-bond donors (Lipinski definition) is 2. The van der Waals surface area contributed by atoms with Crippen molar-refractivity contribution in [1.29, 1.82) is 0 Å². The molecule has 2 rings (SSSR count). The molecule has 0 aliphatic carbocycles. The summed E-state index contributed by atoms with van der Waals surface area (Å²) in [4.78, 5) is 4.50. The average molecular weight is 263 g/mol. The summed E-state index contributed by atoms with van der Waals surface area (Å²) >= 11 is 0. The van der Waals surface area contributed by atoms with Crippen molar-refractivity contribution >= 4 is 5.95 Å². The SMILES string of the molecule is COCCCNc1nc(C)cn1Cc1cn[nH]c1C. The molecule has 0 amide bonds. The number of aryl methyl sites for hydroxylation is 2. The lowest BCUT2D eigenvalue weighted by Crippen LogP contribution is -2.11. The van der Waals surface area contributed by atoms with Gasteiger partial charge in [-0.15, -0.1) is 0 Å². The van der Waals surface area contributed by atoms with Crippen LogP contribution in [0.1, 0.15) is 23.4 Å². The van der Waals surface area contributed by atoms with E-state index in [2.05, 4.69) is 25.1 Å². The van der Waals surface area contributed by atoms with Gasteiger partial charge in [0.05, 0.1) is 18.4 Å². The van der Waals surface area contributed by atoms with Crippen molar-refractivity contribution in [1.82, 2.24) is 19.7 Å². The molecule has 0 saturated carbocycles. The van der Waals surface area contributed by atoms with Crippen LogP contribution in [0.3, 0.4) is 0 Å². The van der Waals surface area contributed by atoms with Gasteiger partial charge in [-0.3, -0.25) is 5.10 Å². The fourth-order valence-corrected chi connectivity index (χ4v) is 1.94. The number of methoxy groups -OCH3 is 1. The molecule has 0 radical (unpaired) electrons. The second-order valence-corrected chi connectivity index (χ2v) is 4.63. The first-order valence-corrected chi connectivity index (χ1v) is 6.46. The van der Waals surface area contributed by atoms with E-state index in [0.717, 1.165) is 43.5 Å². The number of aromatic amines is 1. The van der Waals surface area contributed by atoms with Gasteiger partial charge in [0.25, 0.3) is 0 Å². The molecule has 6 heteroatoms. The van der Waals surface area contributed by atoms with Crippen LogP contribution in [-0.2, 0) is 11.3 Å².